The highest BCUT2D eigenvalue weighted by Gasteiger charge is 2.20. The molecule has 3 heterocycles. The number of aromatic nitrogens is 3. The third-order valence-corrected chi connectivity index (χ3v) is 3.33. The molecule has 7 heteroatoms. The number of hydrogen-bond donors (Lipinski definition) is 1. The van der Waals surface area contributed by atoms with Crippen LogP contribution in [0.15, 0.2) is 18.5 Å². The molecule has 2 aromatic rings. The molecule has 1 aliphatic heterocycles. The number of rotatable bonds is 2. The van der Waals surface area contributed by atoms with Gasteiger partial charge in [-0.1, -0.05) is 0 Å². The average Bonchev–Trinajstić information content (AvgIpc) is 2.82. The molecule has 0 atom stereocenters. The molecule has 1 saturated heterocycles. The van der Waals surface area contributed by atoms with Gasteiger partial charge in [-0.2, -0.15) is 5.10 Å². The first-order chi connectivity index (χ1) is 9.15. The zero-order valence-corrected chi connectivity index (χ0v) is 10.2. The monoisotopic (exact) mass is 264 g/mol. The lowest BCUT2D eigenvalue weighted by molar-refractivity contribution is 0.0699. The van der Waals surface area contributed by atoms with Crippen LogP contribution >= 0.6 is 0 Å². The van der Waals surface area contributed by atoms with E-state index in [1.54, 1.807) is 12.3 Å². The van der Waals surface area contributed by atoms with E-state index in [0.717, 1.165) is 0 Å². The van der Waals surface area contributed by atoms with Crippen LogP contribution in [0.25, 0.3) is 5.65 Å². The van der Waals surface area contributed by atoms with E-state index in [1.807, 2.05) is 4.90 Å². The largest absolute Gasteiger partial charge is 0.477 e. The van der Waals surface area contributed by atoms with Crippen LogP contribution in [0, 0.1) is 0 Å². The minimum Gasteiger partial charge on any atom is -0.477 e. The molecule has 1 fully saturated rings. The van der Waals surface area contributed by atoms with Crippen molar-refractivity contribution >= 4 is 17.4 Å². The van der Waals surface area contributed by atoms with E-state index in [-0.39, 0.29) is 5.56 Å². The maximum absolute atomic E-state index is 13.1. The van der Waals surface area contributed by atoms with E-state index < -0.39 is 12.1 Å². The normalized spacial score (nSPS) is 17.0. The van der Waals surface area contributed by atoms with Crippen molar-refractivity contribution in [1.82, 2.24) is 14.6 Å². The van der Waals surface area contributed by atoms with Crippen LogP contribution in [-0.4, -0.2) is 44.9 Å². The fourth-order valence-corrected chi connectivity index (χ4v) is 2.26. The van der Waals surface area contributed by atoms with E-state index >= 15 is 0 Å². The fraction of sp³-hybridized carbons (Fsp3) is 0.417. The SMILES string of the molecule is O=C(O)c1cnn2ccc(N3CCC(F)CC3)nc12. The van der Waals surface area contributed by atoms with Crippen molar-refractivity contribution in [2.24, 2.45) is 0 Å². The lowest BCUT2D eigenvalue weighted by Crippen LogP contribution is -2.35. The van der Waals surface area contributed by atoms with E-state index in [4.69, 9.17) is 5.11 Å². The van der Waals surface area contributed by atoms with Gasteiger partial charge >= 0.3 is 5.97 Å². The Bertz CT molecular complexity index is 619. The summed E-state index contributed by atoms with van der Waals surface area (Å²) in [5.74, 6) is -0.385. The fourth-order valence-electron chi connectivity index (χ4n) is 2.26. The summed E-state index contributed by atoms with van der Waals surface area (Å²) >= 11 is 0. The van der Waals surface area contributed by atoms with Gasteiger partial charge in [-0.25, -0.2) is 18.7 Å². The first-order valence-electron chi connectivity index (χ1n) is 6.12. The number of nitrogens with zero attached hydrogens (tertiary/aromatic N) is 4. The summed E-state index contributed by atoms with van der Waals surface area (Å²) in [5.41, 5.74) is 0.384. The molecule has 1 N–H and O–H groups in total. The third-order valence-electron chi connectivity index (χ3n) is 3.33. The van der Waals surface area contributed by atoms with Crippen LogP contribution in [0.2, 0.25) is 0 Å². The van der Waals surface area contributed by atoms with Crippen molar-refractivity contribution in [2.45, 2.75) is 19.0 Å². The summed E-state index contributed by atoms with van der Waals surface area (Å²) in [6.45, 7) is 1.20. The predicted octanol–water partition coefficient (Wildman–Crippen LogP) is 1.37. The van der Waals surface area contributed by atoms with Crippen molar-refractivity contribution < 1.29 is 14.3 Å². The van der Waals surface area contributed by atoms with Gasteiger partial charge in [0, 0.05) is 19.3 Å². The third kappa shape index (κ3) is 2.11. The highest BCUT2D eigenvalue weighted by atomic mass is 19.1. The molecule has 3 rings (SSSR count). The number of alkyl halides is 1. The Labute approximate surface area is 108 Å². The highest BCUT2D eigenvalue weighted by molar-refractivity contribution is 5.94. The Hall–Kier alpha value is -2.18. The molecule has 0 unspecified atom stereocenters. The van der Waals surface area contributed by atoms with Crippen LogP contribution in [0.4, 0.5) is 10.2 Å². The van der Waals surface area contributed by atoms with Gasteiger partial charge in [0.05, 0.1) is 6.20 Å². The quantitative estimate of drug-likeness (QED) is 0.887. The summed E-state index contributed by atoms with van der Waals surface area (Å²) in [5, 5.41) is 13.0. The maximum atomic E-state index is 13.1. The molecular formula is C12H13FN4O2. The Morgan fingerprint density at radius 1 is 1.42 bits per heavy atom. The maximum Gasteiger partial charge on any atom is 0.341 e. The number of aromatic carboxylic acids is 1. The molecule has 0 spiro atoms. The Morgan fingerprint density at radius 2 is 2.16 bits per heavy atom. The summed E-state index contributed by atoms with van der Waals surface area (Å²) < 4.78 is 14.5. The zero-order chi connectivity index (χ0) is 13.4. The van der Waals surface area contributed by atoms with Crippen LogP contribution in [0.5, 0.6) is 0 Å². The second-order valence-electron chi connectivity index (χ2n) is 4.58. The van der Waals surface area contributed by atoms with Gasteiger partial charge < -0.3 is 10.0 Å². The van der Waals surface area contributed by atoms with Crippen LogP contribution < -0.4 is 4.90 Å². The average molecular weight is 264 g/mol. The predicted molar refractivity (Wildman–Crippen MR) is 66.3 cm³/mol. The van der Waals surface area contributed by atoms with E-state index in [1.165, 1.54) is 10.7 Å². The van der Waals surface area contributed by atoms with Crippen LogP contribution in [-0.2, 0) is 0 Å². The second-order valence-corrected chi connectivity index (χ2v) is 4.58. The Balaban J connectivity index is 1.96. The van der Waals surface area contributed by atoms with E-state index in [9.17, 15) is 9.18 Å². The lowest BCUT2D eigenvalue weighted by atomic mass is 10.1. The number of carboxylic acid groups (broad SMARTS) is 1. The van der Waals surface area contributed by atoms with Crippen LogP contribution in [0.3, 0.4) is 0 Å². The summed E-state index contributed by atoms with van der Waals surface area (Å²) in [6.07, 6.45) is 3.17. The number of halogens is 1. The van der Waals surface area contributed by atoms with Gasteiger partial charge in [0.25, 0.3) is 0 Å². The van der Waals surface area contributed by atoms with Crippen molar-refractivity contribution in [3.05, 3.63) is 24.0 Å². The molecule has 6 nitrogen and oxygen atoms in total. The minimum absolute atomic E-state index is 0.0715. The number of fused-ring (bicyclic) bond motifs is 1. The van der Waals surface area contributed by atoms with Gasteiger partial charge in [-0.15, -0.1) is 0 Å². The number of anilines is 1. The molecule has 0 aromatic carbocycles. The molecule has 0 amide bonds. The summed E-state index contributed by atoms with van der Waals surface area (Å²) in [4.78, 5) is 17.3. The number of carbonyl (C=O) groups is 1. The molecule has 2 aromatic heterocycles. The smallest absolute Gasteiger partial charge is 0.341 e. The van der Waals surface area contributed by atoms with Gasteiger partial charge in [-0.05, 0) is 18.9 Å². The number of hydrogen-bond acceptors (Lipinski definition) is 4. The van der Waals surface area contributed by atoms with Crippen molar-refractivity contribution in [1.29, 1.82) is 0 Å². The highest BCUT2D eigenvalue weighted by Crippen LogP contribution is 2.20. The molecule has 0 bridgehead atoms. The number of piperidine rings is 1. The first-order valence-corrected chi connectivity index (χ1v) is 6.12. The second kappa shape index (κ2) is 4.49. The van der Waals surface area contributed by atoms with E-state index in [0.29, 0.717) is 37.4 Å². The lowest BCUT2D eigenvalue weighted by Gasteiger charge is -2.29. The Morgan fingerprint density at radius 3 is 2.84 bits per heavy atom. The summed E-state index contributed by atoms with van der Waals surface area (Å²) in [7, 11) is 0. The standard InChI is InChI=1S/C12H13FN4O2/c13-8-1-4-16(5-2-8)10-3-6-17-11(15-10)9(7-14-17)12(18)19/h3,6-8H,1-2,4-5H2,(H,18,19). The number of carboxylic acids is 1. The minimum atomic E-state index is -1.05. The van der Waals surface area contributed by atoms with Crippen LogP contribution in [0.1, 0.15) is 23.2 Å². The van der Waals surface area contributed by atoms with Gasteiger partial charge in [0.15, 0.2) is 5.65 Å². The first kappa shape index (κ1) is 11.9. The zero-order valence-electron chi connectivity index (χ0n) is 10.2. The molecule has 19 heavy (non-hydrogen) atoms. The Kier molecular flexibility index (Phi) is 2.81. The molecule has 0 radical (unpaired) electrons. The molecule has 100 valence electrons. The summed E-state index contributed by atoms with van der Waals surface area (Å²) in [6, 6.07) is 1.77. The topological polar surface area (TPSA) is 70.7 Å². The molecule has 0 saturated carbocycles. The van der Waals surface area contributed by atoms with Crippen molar-refractivity contribution in [3.63, 3.8) is 0 Å². The van der Waals surface area contributed by atoms with E-state index in [2.05, 4.69) is 10.1 Å². The molecule has 1 aliphatic rings. The van der Waals surface area contributed by atoms with Gasteiger partial charge in [0.1, 0.15) is 17.6 Å². The van der Waals surface area contributed by atoms with Crippen molar-refractivity contribution in [2.75, 3.05) is 18.0 Å². The van der Waals surface area contributed by atoms with Gasteiger partial charge in [0.2, 0.25) is 0 Å². The molecular weight excluding hydrogens is 251 g/mol. The molecule has 0 aliphatic carbocycles. The van der Waals surface area contributed by atoms with Crippen molar-refractivity contribution in [3.8, 4) is 0 Å². The van der Waals surface area contributed by atoms with Gasteiger partial charge in [-0.3, -0.25) is 0 Å².